The molecule has 5 nitrogen and oxygen atoms in total. The average molecular weight is 308 g/mol. The first-order valence-electron chi connectivity index (χ1n) is 7.66. The molecular formula is C18H20N4O. The number of rotatable bonds is 6. The fraction of sp³-hybridized carbons (Fsp3) is 0.222. The Hall–Kier alpha value is -2.66. The van der Waals surface area contributed by atoms with Crippen molar-refractivity contribution in [2.45, 2.75) is 20.0 Å². The number of benzene rings is 1. The third kappa shape index (κ3) is 3.57. The number of hydrogen-bond acceptors (Lipinski definition) is 4. The van der Waals surface area contributed by atoms with Crippen LogP contribution in [0.5, 0.6) is 0 Å². The fourth-order valence-corrected chi connectivity index (χ4v) is 2.50. The van der Waals surface area contributed by atoms with Gasteiger partial charge >= 0.3 is 0 Å². The second-order valence-corrected chi connectivity index (χ2v) is 5.35. The van der Waals surface area contributed by atoms with Crippen LogP contribution in [0.2, 0.25) is 0 Å². The summed E-state index contributed by atoms with van der Waals surface area (Å²) >= 11 is 0. The van der Waals surface area contributed by atoms with E-state index >= 15 is 0 Å². The molecule has 0 saturated carbocycles. The van der Waals surface area contributed by atoms with Crippen molar-refractivity contribution in [3.8, 4) is 11.3 Å². The van der Waals surface area contributed by atoms with E-state index in [0.717, 1.165) is 22.8 Å². The van der Waals surface area contributed by atoms with Crippen LogP contribution in [0, 0.1) is 6.92 Å². The Balaban J connectivity index is 1.85. The van der Waals surface area contributed by atoms with Gasteiger partial charge in [-0.3, -0.25) is 4.98 Å². The lowest BCUT2D eigenvalue weighted by molar-refractivity contribution is 0.270. The van der Waals surface area contributed by atoms with Crippen molar-refractivity contribution in [2.75, 3.05) is 11.9 Å². The molecule has 3 aromatic rings. The molecule has 5 heteroatoms. The smallest absolute Gasteiger partial charge is 0.125 e. The Kier molecular flexibility index (Phi) is 4.68. The van der Waals surface area contributed by atoms with Crippen molar-refractivity contribution in [2.24, 2.45) is 0 Å². The summed E-state index contributed by atoms with van der Waals surface area (Å²) < 4.78 is 1.80. The number of pyridine rings is 1. The standard InChI is InChI=1S/C18H20N4O/c1-14-6-2-3-8-16(14)17-12-18(22(21-17)10-11-23)20-13-15-7-4-5-9-19-15/h2-9,12,20,23H,10-11,13H2,1H3. The van der Waals surface area contributed by atoms with Gasteiger partial charge in [-0.1, -0.05) is 30.3 Å². The van der Waals surface area contributed by atoms with Crippen LogP contribution in [0.3, 0.4) is 0 Å². The minimum absolute atomic E-state index is 0.0488. The molecule has 23 heavy (non-hydrogen) atoms. The number of aliphatic hydroxyl groups is 1. The molecule has 1 aromatic carbocycles. The van der Waals surface area contributed by atoms with Gasteiger partial charge in [0.15, 0.2) is 0 Å². The molecule has 2 heterocycles. The molecule has 0 aliphatic heterocycles. The Morgan fingerprint density at radius 2 is 1.96 bits per heavy atom. The summed E-state index contributed by atoms with van der Waals surface area (Å²) in [5.74, 6) is 0.878. The quantitative estimate of drug-likeness (QED) is 0.735. The van der Waals surface area contributed by atoms with Gasteiger partial charge in [-0.25, -0.2) is 4.68 Å². The lowest BCUT2D eigenvalue weighted by Crippen LogP contribution is -2.10. The third-order valence-corrected chi connectivity index (χ3v) is 3.69. The first-order chi connectivity index (χ1) is 11.3. The summed E-state index contributed by atoms with van der Waals surface area (Å²) in [6.07, 6.45) is 1.78. The molecule has 0 radical (unpaired) electrons. The van der Waals surface area contributed by atoms with Crippen LogP contribution in [0.15, 0.2) is 54.7 Å². The number of nitrogens with zero attached hydrogens (tertiary/aromatic N) is 3. The molecule has 118 valence electrons. The van der Waals surface area contributed by atoms with E-state index in [-0.39, 0.29) is 6.61 Å². The molecular weight excluding hydrogens is 288 g/mol. The van der Waals surface area contributed by atoms with E-state index in [1.165, 1.54) is 5.56 Å². The number of aryl methyl sites for hydroxylation is 1. The van der Waals surface area contributed by atoms with Crippen LogP contribution in [-0.2, 0) is 13.1 Å². The van der Waals surface area contributed by atoms with Crippen molar-refractivity contribution < 1.29 is 5.11 Å². The number of anilines is 1. The fourth-order valence-electron chi connectivity index (χ4n) is 2.50. The minimum atomic E-state index is 0.0488. The Morgan fingerprint density at radius 3 is 2.70 bits per heavy atom. The van der Waals surface area contributed by atoms with Crippen LogP contribution in [0.1, 0.15) is 11.3 Å². The topological polar surface area (TPSA) is 63.0 Å². The summed E-state index contributed by atoms with van der Waals surface area (Å²) in [5.41, 5.74) is 4.14. The molecule has 0 aliphatic carbocycles. The monoisotopic (exact) mass is 308 g/mol. The number of hydrogen-bond donors (Lipinski definition) is 2. The molecule has 2 aromatic heterocycles. The molecule has 0 saturated heterocycles. The highest BCUT2D eigenvalue weighted by molar-refractivity contribution is 5.66. The molecule has 2 N–H and O–H groups in total. The van der Waals surface area contributed by atoms with Crippen molar-refractivity contribution >= 4 is 5.82 Å². The van der Waals surface area contributed by atoms with Gasteiger partial charge in [-0.15, -0.1) is 0 Å². The van der Waals surface area contributed by atoms with Crippen LogP contribution >= 0.6 is 0 Å². The third-order valence-electron chi connectivity index (χ3n) is 3.69. The second-order valence-electron chi connectivity index (χ2n) is 5.35. The molecule has 0 fully saturated rings. The van der Waals surface area contributed by atoms with E-state index in [1.54, 1.807) is 10.9 Å². The maximum absolute atomic E-state index is 9.26. The first kappa shape index (κ1) is 15.2. The highest BCUT2D eigenvalue weighted by atomic mass is 16.3. The van der Waals surface area contributed by atoms with Crippen LogP contribution in [-0.4, -0.2) is 26.5 Å². The van der Waals surface area contributed by atoms with Crippen molar-refractivity contribution in [3.63, 3.8) is 0 Å². The summed E-state index contributed by atoms with van der Waals surface area (Å²) in [5, 5.41) is 17.2. The molecule has 3 rings (SSSR count). The van der Waals surface area contributed by atoms with E-state index in [0.29, 0.717) is 13.1 Å². The van der Waals surface area contributed by atoms with Crippen LogP contribution in [0.4, 0.5) is 5.82 Å². The predicted octanol–water partition coefficient (Wildman–Crippen LogP) is 2.86. The van der Waals surface area contributed by atoms with Crippen LogP contribution in [0.25, 0.3) is 11.3 Å². The van der Waals surface area contributed by atoms with E-state index in [2.05, 4.69) is 34.5 Å². The van der Waals surface area contributed by atoms with Crippen molar-refractivity contribution in [3.05, 3.63) is 66.0 Å². The first-order valence-corrected chi connectivity index (χ1v) is 7.66. The van der Waals surface area contributed by atoms with Gasteiger partial charge in [0.1, 0.15) is 5.82 Å². The minimum Gasteiger partial charge on any atom is -0.394 e. The van der Waals surface area contributed by atoms with Crippen LogP contribution < -0.4 is 5.32 Å². The van der Waals surface area contributed by atoms with Gasteiger partial charge in [0.05, 0.1) is 31.1 Å². The Labute approximate surface area is 135 Å². The van der Waals surface area contributed by atoms with E-state index < -0.39 is 0 Å². The molecule has 0 unspecified atom stereocenters. The summed E-state index contributed by atoms with van der Waals surface area (Å²) in [7, 11) is 0. The lowest BCUT2D eigenvalue weighted by Gasteiger charge is -2.07. The van der Waals surface area contributed by atoms with E-state index in [1.807, 2.05) is 36.4 Å². The van der Waals surface area contributed by atoms with Gasteiger partial charge in [-0.05, 0) is 24.6 Å². The maximum atomic E-state index is 9.26. The van der Waals surface area contributed by atoms with Gasteiger partial charge in [-0.2, -0.15) is 5.10 Å². The zero-order chi connectivity index (χ0) is 16.1. The van der Waals surface area contributed by atoms with Gasteiger partial charge in [0, 0.05) is 17.8 Å². The largest absolute Gasteiger partial charge is 0.394 e. The normalized spacial score (nSPS) is 10.7. The van der Waals surface area contributed by atoms with E-state index in [4.69, 9.17) is 0 Å². The molecule has 0 atom stereocenters. The van der Waals surface area contributed by atoms with E-state index in [9.17, 15) is 5.11 Å². The summed E-state index contributed by atoms with van der Waals surface area (Å²) in [4.78, 5) is 4.31. The van der Waals surface area contributed by atoms with Gasteiger partial charge < -0.3 is 10.4 Å². The second kappa shape index (κ2) is 7.07. The molecule has 0 spiro atoms. The predicted molar refractivity (Wildman–Crippen MR) is 91.0 cm³/mol. The zero-order valence-corrected chi connectivity index (χ0v) is 13.1. The summed E-state index contributed by atoms with van der Waals surface area (Å²) in [6, 6.07) is 16.0. The zero-order valence-electron chi connectivity index (χ0n) is 13.1. The Morgan fingerprint density at radius 1 is 1.13 bits per heavy atom. The molecule has 0 amide bonds. The van der Waals surface area contributed by atoms with Crippen molar-refractivity contribution in [1.29, 1.82) is 0 Å². The number of aromatic nitrogens is 3. The highest BCUT2D eigenvalue weighted by Gasteiger charge is 2.11. The Bertz CT molecular complexity index is 768. The maximum Gasteiger partial charge on any atom is 0.125 e. The average Bonchev–Trinajstić information content (AvgIpc) is 2.97. The number of aliphatic hydroxyl groups excluding tert-OH is 1. The number of nitrogens with one attached hydrogen (secondary N) is 1. The van der Waals surface area contributed by atoms with Gasteiger partial charge in [0.25, 0.3) is 0 Å². The lowest BCUT2D eigenvalue weighted by atomic mass is 10.1. The molecule has 0 aliphatic rings. The highest BCUT2D eigenvalue weighted by Crippen LogP contribution is 2.25. The summed E-state index contributed by atoms with van der Waals surface area (Å²) in [6.45, 7) is 3.19. The van der Waals surface area contributed by atoms with Gasteiger partial charge in [0.2, 0.25) is 0 Å². The molecule has 0 bridgehead atoms. The van der Waals surface area contributed by atoms with Crippen molar-refractivity contribution in [1.82, 2.24) is 14.8 Å². The SMILES string of the molecule is Cc1ccccc1-c1cc(NCc2ccccn2)n(CCO)n1.